The molecule has 2 aromatic heterocycles. The van der Waals surface area contributed by atoms with Gasteiger partial charge in [-0.25, -0.2) is 0 Å². The molecule has 0 radical (unpaired) electrons. The average Bonchev–Trinajstić information content (AvgIpc) is 3.07. The summed E-state index contributed by atoms with van der Waals surface area (Å²) in [6, 6.07) is 7.80. The molecule has 0 spiro atoms. The van der Waals surface area contributed by atoms with E-state index in [1.807, 2.05) is 30.5 Å². The number of nitrogens with zero attached hydrogens (tertiary/aromatic N) is 1. The Balaban J connectivity index is 1.64. The number of H-pyrrole nitrogens is 2. The Kier molecular flexibility index (Phi) is 4.41. The number of nitrogens with one attached hydrogen (secondary N) is 2. The van der Waals surface area contributed by atoms with Crippen LogP contribution >= 0.6 is 0 Å². The first-order valence-electron chi connectivity index (χ1n) is 9.25. The summed E-state index contributed by atoms with van der Waals surface area (Å²) >= 11 is 0. The van der Waals surface area contributed by atoms with E-state index in [9.17, 15) is 15.1 Å². The number of aromatic nitrogens is 3. The lowest BCUT2D eigenvalue weighted by molar-refractivity contribution is -0.624. The average molecular weight is 353 g/mol. The fourth-order valence-electron chi connectivity index (χ4n) is 4.04. The number of aromatic amines is 2. The molecule has 136 valence electrons. The third-order valence-electron chi connectivity index (χ3n) is 5.48. The number of hydrogen-bond acceptors (Lipinski definition) is 3. The van der Waals surface area contributed by atoms with Crippen molar-refractivity contribution in [1.29, 1.82) is 0 Å². The monoisotopic (exact) mass is 353 g/mol. The summed E-state index contributed by atoms with van der Waals surface area (Å²) < 4.78 is 0.428. The first-order chi connectivity index (χ1) is 12.6. The Morgan fingerprint density at radius 2 is 1.96 bits per heavy atom. The van der Waals surface area contributed by atoms with Crippen LogP contribution in [-0.2, 0) is 12.8 Å². The Hall–Kier alpha value is -2.76. The van der Waals surface area contributed by atoms with Gasteiger partial charge >= 0.3 is 11.4 Å². The molecule has 6 nitrogen and oxygen atoms in total. The van der Waals surface area contributed by atoms with Crippen LogP contribution in [0.5, 0.6) is 5.88 Å². The smallest absolute Gasteiger partial charge is 0.397 e. The molecule has 1 aliphatic carbocycles. The quantitative estimate of drug-likeness (QED) is 0.497. The van der Waals surface area contributed by atoms with E-state index in [1.165, 1.54) is 6.42 Å². The van der Waals surface area contributed by atoms with Crippen LogP contribution in [0.1, 0.15) is 49.1 Å². The highest BCUT2D eigenvalue weighted by atomic mass is 16.5. The second kappa shape index (κ2) is 6.86. The Labute approximate surface area is 151 Å². The first-order valence-corrected chi connectivity index (χ1v) is 9.25. The van der Waals surface area contributed by atoms with Crippen molar-refractivity contribution < 1.29 is 9.84 Å². The molecule has 1 aliphatic rings. The third-order valence-corrected chi connectivity index (χ3v) is 5.48. The van der Waals surface area contributed by atoms with E-state index in [0.29, 0.717) is 17.1 Å². The number of hydrogen-bond donors (Lipinski definition) is 3. The molecular weight excluding hydrogens is 330 g/mol. The Bertz CT molecular complexity index is 984. The molecule has 2 heterocycles. The van der Waals surface area contributed by atoms with Gasteiger partial charge in [0.2, 0.25) is 0 Å². The Morgan fingerprint density at radius 1 is 1.19 bits per heavy atom. The van der Waals surface area contributed by atoms with Gasteiger partial charge in [0.05, 0.1) is 0 Å². The lowest BCUT2D eigenvalue weighted by atomic mass is 9.86. The van der Waals surface area contributed by atoms with E-state index in [-0.39, 0.29) is 17.8 Å². The normalized spacial score (nSPS) is 15.5. The second-order valence-corrected chi connectivity index (χ2v) is 7.24. The van der Waals surface area contributed by atoms with Crippen molar-refractivity contribution in [2.75, 3.05) is 0 Å². The maximum Gasteiger partial charge on any atom is 0.397 e. The summed E-state index contributed by atoms with van der Waals surface area (Å²) in [5, 5.41) is 23.9. The minimum absolute atomic E-state index is 0.122. The topological polar surface area (TPSA) is 95.8 Å². The van der Waals surface area contributed by atoms with E-state index in [1.54, 1.807) is 0 Å². The van der Waals surface area contributed by atoms with Gasteiger partial charge in [0, 0.05) is 29.9 Å². The molecule has 1 aromatic carbocycles. The van der Waals surface area contributed by atoms with Crippen LogP contribution in [0.3, 0.4) is 0 Å². The number of aromatic hydroxyl groups is 1. The van der Waals surface area contributed by atoms with E-state index >= 15 is 0 Å². The van der Waals surface area contributed by atoms with E-state index in [2.05, 4.69) is 9.97 Å². The van der Waals surface area contributed by atoms with Crippen LogP contribution in [0.25, 0.3) is 10.9 Å². The van der Waals surface area contributed by atoms with Gasteiger partial charge in [0.15, 0.2) is 0 Å². The van der Waals surface area contributed by atoms with Crippen molar-refractivity contribution in [3.63, 3.8) is 0 Å². The zero-order valence-corrected chi connectivity index (χ0v) is 14.6. The molecule has 1 fully saturated rings. The van der Waals surface area contributed by atoms with Gasteiger partial charge in [-0.1, -0.05) is 37.5 Å². The summed E-state index contributed by atoms with van der Waals surface area (Å²) in [5.74, 6) is -0.0513. The summed E-state index contributed by atoms with van der Waals surface area (Å²) in [6.45, 7) is 0. The molecule has 0 atom stereocenters. The van der Waals surface area contributed by atoms with Gasteiger partial charge in [-0.3, -0.25) is 4.79 Å². The van der Waals surface area contributed by atoms with Gasteiger partial charge in [0.1, 0.15) is 5.69 Å². The highest BCUT2D eigenvalue weighted by Gasteiger charge is 2.25. The van der Waals surface area contributed by atoms with Crippen LogP contribution in [0.15, 0.2) is 35.3 Å². The van der Waals surface area contributed by atoms with Gasteiger partial charge in [-0.15, -0.1) is 4.73 Å². The van der Waals surface area contributed by atoms with E-state index in [0.717, 1.165) is 42.1 Å². The molecule has 3 N–H and O–H groups in total. The molecule has 0 bridgehead atoms. The molecule has 6 heteroatoms. The van der Waals surface area contributed by atoms with Crippen molar-refractivity contribution in [3.8, 4) is 5.88 Å². The van der Waals surface area contributed by atoms with Crippen LogP contribution in [0.2, 0.25) is 0 Å². The van der Waals surface area contributed by atoms with Crippen molar-refractivity contribution in [2.45, 2.75) is 44.9 Å². The van der Waals surface area contributed by atoms with Crippen LogP contribution < -0.4 is 10.3 Å². The minimum atomic E-state index is -0.402. The molecule has 1 saturated carbocycles. The minimum Gasteiger partial charge on any atom is -0.616 e. The molecule has 4 rings (SSSR count). The maximum atomic E-state index is 12.5. The number of rotatable bonds is 4. The number of benzene rings is 1. The van der Waals surface area contributed by atoms with Crippen molar-refractivity contribution in [1.82, 2.24) is 9.97 Å². The maximum absolute atomic E-state index is 12.5. The molecule has 0 amide bonds. The molecule has 0 unspecified atom stereocenters. The predicted octanol–water partition coefficient (Wildman–Crippen LogP) is 2.91. The standard InChI is InChI=1S/C20H23N3O3/c24-19-18(10-13-6-2-1-3-7-13)23(26)20(25)17(22-19)11-14-12-21-16-9-5-4-8-15(14)16/h4-5,8-9,12-13,21,25H,1-3,6-7,10-11H2,(H,22,24). The molecule has 0 aliphatic heterocycles. The molecular formula is C20H23N3O3. The van der Waals surface area contributed by atoms with E-state index < -0.39 is 11.4 Å². The number of para-hydroxylation sites is 1. The van der Waals surface area contributed by atoms with Crippen LogP contribution in [0.4, 0.5) is 0 Å². The molecule has 3 aromatic rings. The van der Waals surface area contributed by atoms with E-state index in [4.69, 9.17) is 0 Å². The van der Waals surface area contributed by atoms with Crippen molar-refractivity contribution in [3.05, 3.63) is 63.0 Å². The summed E-state index contributed by atoms with van der Waals surface area (Å²) in [4.78, 5) is 18.4. The predicted molar refractivity (Wildman–Crippen MR) is 99.1 cm³/mol. The zero-order valence-electron chi connectivity index (χ0n) is 14.6. The molecule has 0 saturated heterocycles. The Morgan fingerprint density at radius 3 is 2.77 bits per heavy atom. The summed E-state index contributed by atoms with van der Waals surface area (Å²) in [7, 11) is 0. The third kappa shape index (κ3) is 3.07. The fraction of sp³-hybridized carbons (Fsp3) is 0.400. The fourth-order valence-corrected chi connectivity index (χ4v) is 4.04. The lowest BCUT2D eigenvalue weighted by Crippen LogP contribution is -2.42. The number of fused-ring (bicyclic) bond motifs is 1. The summed E-state index contributed by atoms with van der Waals surface area (Å²) in [5.41, 5.74) is 1.89. The largest absolute Gasteiger partial charge is 0.616 e. The van der Waals surface area contributed by atoms with Crippen LogP contribution in [-0.4, -0.2) is 15.1 Å². The van der Waals surface area contributed by atoms with Gasteiger partial charge in [-0.2, -0.15) is 0 Å². The first kappa shape index (κ1) is 16.7. The second-order valence-electron chi connectivity index (χ2n) is 7.24. The van der Waals surface area contributed by atoms with Gasteiger partial charge in [0.25, 0.3) is 5.69 Å². The van der Waals surface area contributed by atoms with Gasteiger partial charge < -0.3 is 20.3 Å². The highest BCUT2D eigenvalue weighted by molar-refractivity contribution is 5.83. The van der Waals surface area contributed by atoms with Gasteiger partial charge in [-0.05, 0) is 30.4 Å². The van der Waals surface area contributed by atoms with Crippen molar-refractivity contribution >= 4 is 10.9 Å². The van der Waals surface area contributed by atoms with Crippen molar-refractivity contribution in [2.24, 2.45) is 5.92 Å². The lowest BCUT2D eigenvalue weighted by Gasteiger charge is -2.20. The highest BCUT2D eigenvalue weighted by Crippen LogP contribution is 2.26. The SMILES string of the molecule is O=c1[nH]c(Cc2c[nH]c3ccccc23)c(O)[n+]([O-])c1CC1CCCCC1. The zero-order chi connectivity index (χ0) is 18.1. The van der Waals surface area contributed by atoms with Crippen LogP contribution in [0, 0.1) is 11.1 Å². The molecule has 26 heavy (non-hydrogen) atoms. The summed E-state index contributed by atoms with van der Waals surface area (Å²) in [6.07, 6.45) is 8.15.